The number of hydrogen-bond donors (Lipinski definition) is 1. The van der Waals surface area contributed by atoms with Crippen molar-refractivity contribution < 1.29 is 9.53 Å². The fourth-order valence-electron chi connectivity index (χ4n) is 1.72. The van der Waals surface area contributed by atoms with Crippen molar-refractivity contribution in [3.63, 3.8) is 0 Å². The van der Waals surface area contributed by atoms with Gasteiger partial charge >= 0.3 is 0 Å². The maximum absolute atomic E-state index is 11.9. The zero-order valence-corrected chi connectivity index (χ0v) is 13.7. The second kappa shape index (κ2) is 7.49. The third-order valence-corrected chi connectivity index (χ3v) is 3.61. The normalized spacial score (nSPS) is 10.7. The number of hydrazone groups is 1. The molecule has 2 aromatic rings. The highest BCUT2D eigenvalue weighted by Gasteiger charge is 2.09. The van der Waals surface area contributed by atoms with Gasteiger partial charge in [0.05, 0.1) is 34.0 Å². The lowest BCUT2D eigenvalue weighted by Crippen LogP contribution is -2.17. The Labute approximate surface area is 142 Å². The Morgan fingerprint density at radius 3 is 2.36 bits per heavy atom. The van der Waals surface area contributed by atoms with Crippen molar-refractivity contribution >= 4 is 46.9 Å². The summed E-state index contributed by atoms with van der Waals surface area (Å²) in [5, 5.41) is 4.92. The van der Waals surface area contributed by atoms with Crippen molar-refractivity contribution in [3.05, 3.63) is 62.6 Å². The van der Waals surface area contributed by atoms with Crippen LogP contribution in [0.25, 0.3) is 0 Å². The molecule has 114 valence electrons. The highest BCUT2D eigenvalue weighted by atomic mass is 35.5. The number of ether oxygens (including phenoxy) is 1. The van der Waals surface area contributed by atoms with Crippen LogP contribution >= 0.6 is 34.8 Å². The molecular formula is C15H11Cl3N2O2. The van der Waals surface area contributed by atoms with Crippen LogP contribution in [0.1, 0.15) is 15.9 Å². The molecule has 0 bridgehead atoms. The van der Waals surface area contributed by atoms with Crippen LogP contribution in [0.15, 0.2) is 41.5 Å². The number of amides is 1. The average Bonchev–Trinajstić information content (AvgIpc) is 2.47. The minimum absolute atomic E-state index is 0.340. The van der Waals surface area contributed by atoms with Crippen LogP contribution in [0, 0.1) is 0 Å². The molecular weight excluding hydrogens is 347 g/mol. The molecule has 0 fully saturated rings. The molecule has 0 atom stereocenters. The Kier molecular flexibility index (Phi) is 5.66. The lowest BCUT2D eigenvalue weighted by molar-refractivity contribution is 0.0955. The fourth-order valence-corrected chi connectivity index (χ4v) is 2.60. The first-order valence-electron chi connectivity index (χ1n) is 6.14. The molecule has 7 heteroatoms. The summed E-state index contributed by atoms with van der Waals surface area (Å²) in [7, 11) is 1.48. The summed E-state index contributed by atoms with van der Waals surface area (Å²) >= 11 is 18.0. The van der Waals surface area contributed by atoms with Crippen LogP contribution in [-0.2, 0) is 0 Å². The Bertz CT molecular complexity index is 709. The summed E-state index contributed by atoms with van der Waals surface area (Å²) in [5.41, 5.74) is 3.34. The van der Waals surface area contributed by atoms with Crippen molar-refractivity contribution in [1.29, 1.82) is 0 Å². The summed E-state index contributed by atoms with van der Waals surface area (Å²) in [5.74, 6) is -0.0202. The van der Waals surface area contributed by atoms with Crippen molar-refractivity contribution in [2.24, 2.45) is 5.10 Å². The Morgan fingerprint density at radius 2 is 1.77 bits per heavy atom. The summed E-state index contributed by atoms with van der Waals surface area (Å²) in [4.78, 5) is 11.9. The smallest absolute Gasteiger partial charge is 0.272 e. The van der Waals surface area contributed by atoms with E-state index in [-0.39, 0.29) is 0 Å². The molecule has 0 unspecified atom stereocenters. The number of rotatable bonds is 4. The van der Waals surface area contributed by atoms with Gasteiger partial charge in [-0.25, -0.2) is 5.43 Å². The number of nitrogens with zero attached hydrogens (tertiary/aromatic N) is 1. The van der Waals surface area contributed by atoms with Gasteiger partial charge in [0, 0.05) is 0 Å². The molecule has 0 aliphatic rings. The topological polar surface area (TPSA) is 50.7 Å². The first-order chi connectivity index (χ1) is 10.5. The predicted octanol–water partition coefficient (Wildman–Crippen LogP) is 4.42. The number of halogens is 3. The van der Waals surface area contributed by atoms with Gasteiger partial charge in [-0.05, 0) is 29.8 Å². The molecule has 0 saturated carbocycles. The van der Waals surface area contributed by atoms with Crippen LogP contribution in [0.4, 0.5) is 0 Å². The molecule has 0 aliphatic carbocycles. The van der Waals surface area contributed by atoms with E-state index in [2.05, 4.69) is 10.5 Å². The molecule has 2 rings (SSSR count). The minimum atomic E-state index is -0.410. The second-order valence-electron chi connectivity index (χ2n) is 4.20. The molecule has 0 saturated heterocycles. The van der Waals surface area contributed by atoms with E-state index in [4.69, 9.17) is 39.5 Å². The van der Waals surface area contributed by atoms with Gasteiger partial charge in [0.15, 0.2) is 5.75 Å². The predicted molar refractivity (Wildman–Crippen MR) is 89.5 cm³/mol. The van der Waals surface area contributed by atoms with Crippen molar-refractivity contribution in [2.75, 3.05) is 7.11 Å². The second-order valence-corrected chi connectivity index (χ2v) is 5.42. The summed E-state index contributed by atoms with van der Waals surface area (Å²) in [6.07, 6.45) is 1.42. The number of nitrogens with one attached hydrogen (secondary N) is 1. The summed E-state index contributed by atoms with van der Waals surface area (Å²) in [6, 6.07) is 9.93. The van der Waals surface area contributed by atoms with E-state index in [1.807, 2.05) is 0 Å². The lowest BCUT2D eigenvalue weighted by atomic mass is 10.2. The minimum Gasteiger partial charge on any atom is -0.494 e. The number of methoxy groups -OCH3 is 1. The molecule has 0 radical (unpaired) electrons. The third-order valence-electron chi connectivity index (χ3n) is 2.72. The van der Waals surface area contributed by atoms with E-state index < -0.39 is 5.91 Å². The maximum Gasteiger partial charge on any atom is 0.272 e. The number of hydrogen-bond acceptors (Lipinski definition) is 3. The van der Waals surface area contributed by atoms with Gasteiger partial charge < -0.3 is 4.74 Å². The fraction of sp³-hybridized carbons (Fsp3) is 0.0667. The van der Waals surface area contributed by atoms with Crippen molar-refractivity contribution in [1.82, 2.24) is 5.43 Å². The Morgan fingerprint density at radius 1 is 1.14 bits per heavy atom. The third kappa shape index (κ3) is 3.91. The number of carbonyl (C=O) groups excluding carboxylic acids is 1. The van der Waals surface area contributed by atoms with Gasteiger partial charge in [0.25, 0.3) is 5.91 Å². The number of carbonyl (C=O) groups is 1. The Balaban J connectivity index is 2.10. The van der Waals surface area contributed by atoms with Gasteiger partial charge in [0.2, 0.25) is 0 Å². The van der Waals surface area contributed by atoms with Gasteiger partial charge in [-0.3, -0.25) is 4.79 Å². The number of benzene rings is 2. The van der Waals surface area contributed by atoms with Crippen LogP contribution in [-0.4, -0.2) is 19.2 Å². The van der Waals surface area contributed by atoms with Gasteiger partial charge in [0.1, 0.15) is 0 Å². The van der Waals surface area contributed by atoms with Gasteiger partial charge in [-0.1, -0.05) is 46.9 Å². The van der Waals surface area contributed by atoms with E-state index in [9.17, 15) is 4.79 Å². The molecule has 0 spiro atoms. The van der Waals surface area contributed by atoms with Crippen molar-refractivity contribution in [3.8, 4) is 5.75 Å². The van der Waals surface area contributed by atoms with E-state index in [0.29, 0.717) is 31.9 Å². The van der Waals surface area contributed by atoms with Crippen LogP contribution in [0.3, 0.4) is 0 Å². The van der Waals surface area contributed by atoms with Gasteiger partial charge in [-0.15, -0.1) is 0 Å². The summed E-state index contributed by atoms with van der Waals surface area (Å²) < 4.78 is 5.05. The lowest BCUT2D eigenvalue weighted by Gasteiger charge is -2.06. The highest BCUT2D eigenvalue weighted by Crippen LogP contribution is 2.33. The summed E-state index contributed by atoms with van der Waals surface area (Å²) in [6.45, 7) is 0. The largest absolute Gasteiger partial charge is 0.494 e. The van der Waals surface area contributed by atoms with Crippen LogP contribution < -0.4 is 10.2 Å². The molecule has 1 amide bonds. The standard InChI is InChI=1S/C15H11Cl3N2O2/c1-22-14-12(17)6-9(7-13(14)18)8-19-20-15(21)10-4-2-3-5-11(10)16/h2-8H,1H3,(H,20,21)/b19-8-. The Hall–Kier alpha value is -1.75. The zero-order chi connectivity index (χ0) is 16.1. The molecule has 4 nitrogen and oxygen atoms in total. The molecule has 0 aliphatic heterocycles. The monoisotopic (exact) mass is 356 g/mol. The van der Waals surface area contributed by atoms with E-state index in [1.165, 1.54) is 13.3 Å². The van der Waals surface area contributed by atoms with E-state index in [0.717, 1.165) is 0 Å². The van der Waals surface area contributed by atoms with Crippen molar-refractivity contribution in [2.45, 2.75) is 0 Å². The van der Waals surface area contributed by atoms with Crippen LogP contribution in [0.5, 0.6) is 5.75 Å². The molecule has 22 heavy (non-hydrogen) atoms. The van der Waals surface area contributed by atoms with Crippen LogP contribution in [0.2, 0.25) is 15.1 Å². The molecule has 1 N–H and O–H groups in total. The van der Waals surface area contributed by atoms with Gasteiger partial charge in [-0.2, -0.15) is 5.10 Å². The molecule has 0 aromatic heterocycles. The van der Waals surface area contributed by atoms with E-state index in [1.54, 1.807) is 36.4 Å². The SMILES string of the molecule is COc1c(Cl)cc(/C=N\NC(=O)c2ccccc2Cl)cc1Cl. The maximum atomic E-state index is 11.9. The first-order valence-corrected chi connectivity index (χ1v) is 7.27. The van der Waals surface area contributed by atoms with E-state index >= 15 is 0 Å². The average molecular weight is 358 g/mol. The molecule has 2 aromatic carbocycles. The highest BCUT2D eigenvalue weighted by molar-refractivity contribution is 6.37. The first kappa shape index (κ1) is 16.6. The quantitative estimate of drug-likeness (QED) is 0.650. The zero-order valence-electron chi connectivity index (χ0n) is 11.4. The molecule has 0 heterocycles.